The summed E-state index contributed by atoms with van der Waals surface area (Å²) in [6, 6.07) is 8.16. The molecule has 0 radical (unpaired) electrons. The second kappa shape index (κ2) is 5.15. The van der Waals surface area contributed by atoms with Crippen LogP contribution in [0.25, 0.3) is 0 Å². The van der Waals surface area contributed by atoms with Crippen LogP contribution >= 0.6 is 11.6 Å². The van der Waals surface area contributed by atoms with Crippen molar-refractivity contribution >= 4 is 23.1 Å². The Morgan fingerprint density at radius 1 is 1.18 bits per heavy atom. The van der Waals surface area contributed by atoms with E-state index in [0.29, 0.717) is 11.0 Å². The van der Waals surface area contributed by atoms with Crippen LogP contribution in [0.1, 0.15) is 12.5 Å². The molecule has 2 aromatic rings. The Morgan fingerprint density at radius 3 is 2.53 bits per heavy atom. The van der Waals surface area contributed by atoms with Crippen LogP contribution in [0, 0.1) is 6.92 Å². The lowest BCUT2D eigenvalue weighted by Gasteiger charge is -2.24. The Labute approximate surface area is 106 Å². The van der Waals surface area contributed by atoms with Crippen molar-refractivity contribution in [2.75, 3.05) is 11.4 Å². The Balaban J connectivity index is 2.48. The third-order valence-corrected chi connectivity index (χ3v) is 2.88. The van der Waals surface area contributed by atoms with Crippen LogP contribution in [0.15, 0.2) is 36.7 Å². The zero-order chi connectivity index (χ0) is 12.3. The minimum absolute atomic E-state index is 0.428. The quantitative estimate of drug-likeness (QED) is 0.830. The van der Waals surface area contributed by atoms with Gasteiger partial charge in [-0.15, -0.1) is 0 Å². The number of hydrogen-bond donors (Lipinski definition) is 0. The van der Waals surface area contributed by atoms with Gasteiger partial charge in [-0.1, -0.05) is 29.8 Å². The molecule has 4 heteroatoms. The Morgan fingerprint density at radius 2 is 1.88 bits per heavy atom. The molecular formula is C13H14ClN3. The molecule has 1 heterocycles. The number of anilines is 2. The monoisotopic (exact) mass is 247 g/mol. The molecule has 1 aromatic carbocycles. The molecule has 3 nitrogen and oxygen atoms in total. The van der Waals surface area contributed by atoms with Gasteiger partial charge in [0.05, 0.1) is 0 Å². The Bertz CT molecular complexity index is 468. The normalized spacial score (nSPS) is 10.3. The largest absolute Gasteiger partial charge is 0.324 e. The molecule has 0 N–H and O–H groups in total. The molecule has 0 aliphatic rings. The van der Waals surface area contributed by atoms with Crippen molar-refractivity contribution in [3.63, 3.8) is 0 Å². The molecule has 0 spiro atoms. The molecule has 0 aliphatic heterocycles. The van der Waals surface area contributed by atoms with Crippen molar-refractivity contribution in [2.45, 2.75) is 13.8 Å². The molecular weight excluding hydrogens is 234 g/mol. The molecule has 0 fully saturated rings. The van der Waals surface area contributed by atoms with Crippen LogP contribution in [0.5, 0.6) is 0 Å². The average molecular weight is 248 g/mol. The third kappa shape index (κ3) is 2.39. The second-order valence-electron chi connectivity index (χ2n) is 3.70. The highest BCUT2D eigenvalue weighted by atomic mass is 35.5. The number of nitrogens with zero attached hydrogens (tertiary/aromatic N) is 3. The number of benzene rings is 1. The summed E-state index contributed by atoms with van der Waals surface area (Å²) in [7, 11) is 0. The molecule has 0 atom stereocenters. The predicted octanol–water partition coefficient (Wildman–Crippen LogP) is 3.60. The van der Waals surface area contributed by atoms with Crippen molar-refractivity contribution in [1.82, 2.24) is 9.97 Å². The maximum atomic E-state index is 6.08. The van der Waals surface area contributed by atoms with E-state index in [-0.39, 0.29) is 0 Å². The fourth-order valence-corrected chi connectivity index (χ4v) is 2.00. The molecule has 0 unspecified atom stereocenters. The minimum Gasteiger partial charge on any atom is -0.324 e. The topological polar surface area (TPSA) is 29.0 Å². The second-order valence-corrected chi connectivity index (χ2v) is 4.06. The Hall–Kier alpha value is -1.61. The molecule has 17 heavy (non-hydrogen) atoms. The molecule has 1 aromatic heterocycles. The van der Waals surface area contributed by atoms with Crippen molar-refractivity contribution in [3.8, 4) is 0 Å². The fourth-order valence-electron chi connectivity index (χ4n) is 1.80. The van der Waals surface area contributed by atoms with Crippen molar-refractivity contribution in [2.24, 2.45) is 0 Å². The summed E-state index contributed by atoms with van der Waals surface area (Å²) in [5.41, 5.74) is 2.30. The Kier molecular flexibility index (Phi) is 3.59. The maximum Gasteiger partial charge on any atom is 0.172 e. The summed E-state index contributed by atoms with van der Waals surface area (Å²) in [6.45, 7) is 4.93. The first-order valence-corrected chi connectivity index (χ1v) is 5.91. The van der Waals surface area contributed by atoms with Crippen molar-refractivity contribution in [1.29, 1.82) is 0 Å². The van der Waals surface area contributed by atoms with E-state index < -0.39 is 0 Å². The van der Waals surface area contributed by atoms with Crippen LogP contribution in [0.2, 0.25) is 5.15 Å². The highest BCUT2D eigenvalue weighted by molar-refractivity contribution is 6.31. The summed E-state index contributed by atoms with van der Waals surface area (Å²) in [6.07, 6.45) is 3.25. The summed E-state index contributed by atoms with van der Waals surface area (Å²) < 4.78 is 0. The van der Waals surface area contributed by atoms with Gasteiger partial charge in [0.2, 0.25) is 0 Å². The van der Waals surface area contributed by atoms with Crippen LogP contribution in [0.3, 0.4) is 0 Å². The number of halogens is 1. The van der Waals surface area contributed by atoms with E-state index in [9.17, 15) is 0 Å². The first-order chi connectivity index (χ1) is 8.24. The molecule has 88 valence electrons. The number of hydrogen-bond acceptors (Lipinski definition) is 3. The van der Waals surface area contributed by atoms with Gasteiger partial charge in [0.25, 0.3) is 0 Å². The summed E-state index contributed by atoms with van der Waals surface area (Å²) >= 11 is 6.08. The highest BCUT2D eigenvalue weighted by Gasteiger charge is 2.14. The van der Waals surface area contributed by atoms with E-state index >= 15 is 0 Å². The summed E-state index contributed by atoms with van der Waals surface area (Å²) in [5.74, 6) is 0.700. The molecule has 0 bridgehead atoms. The van der Waals surface area contributed by atoms with Gasteiger partial charge >= 0.3 is 0 Å². The number of aryl methyl sites for hydroxylation is 1. The lowest BCUT2D eigenvalue weighted by molar-refractivity contribution is 0.970. The third-order valence-electron chi connectivity index (χ3n) is 2.61. The van der Waals surface area contributed by atoms with E-state index in [1.165, 1.54) is 5.56 Å². The zero-order valence-corrected chi connectivity index (χ0v) is 10.6. The van der Waals surface area contributed by atoms with Gasteiger partial charge in [-0.25, -0.2) is 9.97 Å². The van der Waals surface area contributed by atoms with E-state index in [2.05, 4.69) is 40.8 Å². The predicted molar refractivity (Wildman–Crippen MR) is 70.9 cm³/mol. The summed E-state index contributed by atoms with van der Waals surface area (Å²) in [5, 5.41) is 0.428. The van der Waals surface area contributed by atoms with Gasteiger partial charge in [0.15, 0.2) is 11.0 Å². The lowest BCUT2D eigenvalue weighted by Crippen LogP contribution is -2.19. The van der Waals surface area contributed by atoms with Gasteiger partial charge in [-0.3, -0.25) is 0 Å². The van der Waals surface area contributed by atoms with E-state index in [1.807, 2.05) is 12.1 Å². The highest BCUT2D eigenvalue weighted by Crippen LogP contribution is 2.29. The van der Waals surface area contributed by atoms with E-state index in [0.717, 1.165) is 12.2 Å². The molecule has 0 aliphatic carbocycles. The van der Waals surface area contributed by atoms with Crippen LogP contribution in [0.4, 0.5) is 11.5 Å². The van der Waals surface area contributed by atoms with Gasteiger partial charge in [0.1, 0.15) is 0 Å². The van der Waals surface area contributed by atoms with E-state index in [4.69, 9.17) is 11.6 Å². The van der Waals surface area contributed by atoms with Crippen LogP contribution in [-0.2, 0) is 0 Å². The molecule has 0 amide bonds. The van der Waals surface area contributed by atoms with E-state index in [1.54, 1.807) is 12.4 Å². The summed E-state index contributed by atoms with van der Waals surface area (Å²) in [4.78, 5) is 10.4. The molecule has 2 rings (SSSR count). The van der Waals surface area contributed by atoms with Crippen molar-refractivity contribution < 1.29 is 0 Å². The number of aromatic nitrogens is 2. The van der Waals surface area contributed by atoms with Crippen LogP contribution in [-0.4, -0.2) is 16.5 Å². The lowest BCUT2D eigenvalue weighted by atomic mass is 10.2. The van der Waals surface area contributed by atoms with Crippen molar-refractivity contribution in [3.05, 3.63) is 47.4 Å². The minimum atomic E-state index is 0.428. The zero-order valence-electron chi connectivity index (χ0n) is 9.89. The first-order valence-electron chi connectivity index (χ1n) is 5.53. The van der Waals surface area contributed by atoms with Gasteiger partial charge in [0, 0.05) is 24.6 Å². The number of rotatable bonds is 3. The van der Waals surface area contributed by atoms with Crippen LogP contribution < -0.4 is 4.90 Å². The molecule has 0 saturated carbocycles. The van der Waals surface area contributed by atoms with Gasteiger partial charge in [-0.2, -0.15) is 0 Å². The first kappa shape index (κ1) is 11.9. The SMILES string of the molecule is CCN(c1ccccc1C)c1nccnc1Cl. The average Bonchev–Trinajstić information content (AvgIpc) is 2.34. The number of para-hydroxylation sites is 1. The standard InChI is InChI=1S/C13H14ClN3/c1-3-17(11-7-5-4-6-10(11)2)13-12(14)15-8-9-16-13/h4-9H,3H2,1-2H3. The molecule has 0 saturated heterocycles. The van der Waals surface area contributed by atoms with Gasteiger partial charge < -0.3 is 4.90 Å². The maximum absolute atomic E-state index is 6.08. The fraction of sp³-hybridized carbons (Fsp3) is 0.231. The van der Waals surface area contributed by atoms with Gasteiger partial charge in [-0.05, 0) is 25.5 Å². The smallest absolute Gasteiger partial charge is 0.172 e.